The van der Waals surface area contributed by atoms with E-state index >= 15 is 0 Å². The van der Waals surface area contributed by atoms with E-state index in [1.165, 1.54) is 11.8 Å². The molecule has 0 bridgehead atoms. The Balaban J connectivity index is 2.51. The van der Waals surface area contributed by atoms with Gasteiger partial charge in [0.05, 0.1) is 0 Å². The molecule has 0 N–H and O–H groups in total. The summed E-state index contributed by atoms with van der Waals surface area (Å²) < 4.78 is 11.5. The molecule has 0 amide bonds. The second-order valence-electron chi connectivity index (χ2n) is 2.00. The largest absolute Gasteiger partial charge is 0.249 e. The Kier molecular flexibility index (Phi) is 3.73. The number of hydrogen-bond donors (Lipinski definition) is 0. The van der Waals surface area contributed by atoms with Crippen LogP contribution in [-0.4, -0.2) is 11.4 Å². The summed E-state index contributed by atoms with van der Waals surface area (Å²) in [5, 5.41) is 0. The Bertz CT molecular complexity index is 203. The van der Waals surface area contributed by atoms with Crippen molar-refractivity contribution in [3.63, 3.8) is 0 Å². The summed E-state index contributed by atoms with van der Waals surface area (Å²) in [6.45, 7) is -0.499. The maximum absolute atomic E-state index is 11.9. The average Bonchev–Trinajstić information content (AvgIpc) is 2.06. The number of hydrogen-bond acceptors (Lipinski definition) is 1. The van der Waals surface area contributed by atoms with Gasteiger partial charge in [-0.15, -0.1) is 23.4 Å². The maximum atomic E-state index is 11.9. The van der Waals surface area contributed by atoms with Gasteiger partial charge < -0.3 is 0 Å². The Morgan fingerprint density at radius 2 is 2.00 bits per heavy atom. The van der Waals surface area contributed by atoms with E-state index in [2.05, 4.69) is 0 Å². The highest BCUT2D eigenvalue weighted by Crippen LogP contribution is 2.25. The lowest BCUT2D eigenvalue weighted by Crippen LogP contribution is -1.92. The summed E-state index contributed by atoms with van der Waals surface area (Å²) in [6, 6.07) is 9.56. The van der Waals surface area contributed by atoms with Gasteiger partial charge in [0, 0.05) is 4.90 Å². The van der Waals surface area contributed by atoms with Gasteiger partial charge in [0.1, 0.15) is 11.4 Å². The van der Waals surface area contributed by atoms with Crippen molar-refractivity contribution in [3.8, 4) is 0 Å². The van der Waals surface area contributed by atoms with E-state index in [9.17, 15) is 4.39 Å². The van der Waals surface area contributed by atoms with Crippen LogP contribution in [0.5, 0.6) is 0 Å². The van der Waals surface area contributed by atoms with Crippen molar-refractivity contribution in [1.29, 1.82) is 0 Å². The lowest BCUT2D eigenvalue weighted by molar-refractivity contribution is 0.520. The highest BCUT2D eigenvalue weighted by atomic mass is 35.5. The molecule has 1 rings (SSSR count). The summed E-state index contributed by atoms with van der Waals surface area (Å²) in [4.78, 5) is 1.00. The fourth-order valence-corrected chi connectivity index (χ4v) is 1.66. The first-order valence-electron chi connectivity index (χ1n) is 3.24. The number of thioether (sulfide) groups is 1. The molecular weight excluding hydrogens is 183 g/mol. The Hall–Kier alpha value is -0.210. The van der Waals surface area contributed by atoms with E-state index in [1.807, 2.05) is 30.3 Å². The van der Waals surface area contributed by atoms with Crippen LogP contribution in [0.1, 0.15) is 0 Å². The molecular formula is C8H8ClFS. The van der Waals surface area contributed by atoms with Crippen LogP contribution < -0.4 is 0 Å². The number of halogens is 2. The van der Waals surface area contributed by atoms with Crippen LogP contribution in [0.15, 0.2) is 35.2 Å². The smallest absolute Gasteiger partial charge is 0.115 e. The molecule has 0 radical (unpaired) electrons. The van der Waals surface area contributed by atoms with Crippen molar-refractivity contribution in [2.24, 2.45) is 0 Å². The molecule has 0 heterocycles. The third-order valence-electron chi connectivity index (χ3n) is 1.13. The van der Waals surface area contributed by atoms with Gasteiger partial charge in [-0.05, 0) is 12.1 Å². The quantitative estimate of drug-likeness (QED) is 0.521. The third-order valence-corrected chi connectivity index (χ3v) is 2.44. The van der Waals surface area contributed by atoms with Gasteiger partial charge in [-0.1, -0.05) is 18.2 Å². The predicted octanol–water partition coefficient (Wildman–Crippen LogP) is 3.31. The zero-order valence-electron chi connectivity index (χ0n) is 5.84. The number of benzene rings is 1. The SMILES string of the molecule is FCC(Cl)Sc1ccccc1. The first-order chi connectivity index (χ1) is 5.33. The van der Waals surface area contributed by atoms with Gasteiger partial charge in [0.15, 0.2) is 0 Å². The van der Waals surface area contributed by atoms with Crippen molar-refractivity contribution >= 4 is 23.4 Å². The minimum Gasteiger partial charge on any atom is -0.249 e. The van der Waals surface area contributed by atoms with E-state index in [0.717, 1.165) is 4.90 Å². The van der Waals surface area contributed by atoms with Crippen LogP contribution >= 0.6 is 23.4 Å². The molecule has 0 saturated carbocycles. The molecule has 11 heavy (non-hydrogen) atoms. The molecule has 1 unspecified atom stereocenters. The summed E-state index contributed by atoms with van der Waals surface area (Å²) in [5.74, 6) is 0. The standard InChI is InChI=1S/C8H8ClFS/c9-8(6-10)11-7-4-2-1-3-5-7/h1-5,8H,6H2. The minimum atomic E-state index is -0.499. The molecule has 3 heteroatoms. The Morgan fingerprint density at radius 1 is 1.36 bits per heavy atom. The van der Waals surface area contributed by atoms with Gasteiger partial charge in [0.25, 0.3) is 0 Å². The lowest BCUT2D eigenvalue weighted by Gasteiger charge is -2.02. The Morgan fingerprint density at radius 3 is 2.55 bits per heavy atom. The van der Waals surface area contributed by atoms with E-state index in [4.69, 9.17) is 11.6 Å². The van der Waals surface area contributed by atoms with Crippen LogP contribution in [0.3, 0.4) is 0 Å². The van der Waals surface area contributed by atoms with Crippen LogP contribution in [0.2, 0.25) is 0 Å². The summed E-state index contributed by atoms with van der Waals surface area (Å²) in [7, 11) is 0. The molecule has 0 spiro atoms. The van der Waals surface area contributed by atoms with Crippen LogP contribution in [0.25, 0.3) is 0 Å². The van der Waals surface area contributed by atoms with Crippen molar-refractivity contribution in [2.75, 3.05) is 6.67 Å². The monoisotopic (exact) mass is 190 g/mol. The number of rotatable bonds is 3. The molecule has 0 aliphatic carbocycles. The van der Waals surface area contributed by atoms with Gasteiger partial charge in [-0.25, -0.2) is 4.39 Å². The molecule has 0 aromatic heterocycles. The minimum absolute atomic E-state index is 0.461. The first kappa shape index (κ1) is 8.88. The van der Waals surface area contributed by atoms with Gasteiger partial charge >= 0.3 is 0 Å². The molecule has 0 nitrogen and oxygen atoms in total. The molecule has 1 atom stereocenters. The zero-order chi connectivity index (χ0) is 8.10. The molecule has 0 saturated heterocycles. The highest BCUT2D eigenvalue weighted by molar-refractivity contribution is 8.01. The first-order valence-corrected chi connectivity index (χ1v) is 4.56. The highest BCUT2D eigenvalue weighted by Gasteiger charge is 2.03. The van der Waals surface area contributed by atoms with Crippen LogP contribution in [-0.2, 0) is 0 Å². The van der Waals surface area contributed by atoms with E-state index in [-0.39, 0.29) is 0 Å². The van der Waals surface area contributed by atoms with Gasteiger partial charge in [-0.2, -0.15) is 0 Å². The molecule has 0 fully saturated rings. The summed E-state index contributed by atoms with van der Waals surface area (Å²) in [6.07, 6.45) is 0. The Labute approximate surface area is 74.8 Å². The fourth-order valence-electron chi connectivity index (χ4n) is 0.678. The van der Waals surface area contributed by atoms with Crippen LogP contribution in [0.4, 0.5) is 4.39 Å². The van der Waals surface area contributed by atoms with E-state index in [1.54, 1.807) is 0 Å². The predicted molar refractivity (Wildman–Crippen MR) is 47.9 cm³/mol. The van der Waals surface area contributed by atoms with Crippen molar-refractivity contribution < 1.29 is 4.39 Å². The lowest BCUT2D eigenvalue weighted by atomic mass is 10.4. The summed E-state index contributed by atoms with van der Waals surface area (Å²) >= 11 is 6.92. The average molecular weight is 191 g/mol. The molecule has 1 aromatic carbocycles. The maximum Gasteiger partial charge on any atom is 0.115 e. The topological polar surface area (TPSA) is 0 Å². The second-order valence-corrected chi connectivity index (χ2v) is 4.06. The third kappa shape index (κ3) is 3.12. The zero-order valence-corrected chi connectivity index (χ0v) is 7.41. The molecule has 1 aromatic rings. The summed E-state index contributed by atoms with van der Waals surface area (Å²) in [5.41, 5.74) is 0. The van der Waals surface area contributed by atoms with Crippen LogP contribution in [0, 0.1) is 0 Å². The number of alkyl halides is 2. The van der Waals surface area contributed by atoms with Crippen molar-refractivity contribution in [3.05, 3.63) is 30.3 Å². The molecule has 60 valence electrons. The normalized spacial score (nSPS) is 12.9. The van der Waals surface area contributed by atoms with Gasteiger partial charge in [-0.3, -0.25) is 0 Å². The second kappa shape index (κ2) is 4.62. The van der Waals surface area contributed by atoms with Gasteiger partial charge in [0.2, 0.25) is 0 Å². The molecule has 0 aliphatic heterocycles. The fraction of sp³-hybridized carbons (Fsp3) is 0.250. The van der Waals surface area contributed by atoms with Crippen molar-refractivity contribution in [1.82, 2.24) is 0 Å². The van der Waals surface area contributed by atoms with Crippen molar-refractivity contribution in [2.45, 2.75) is 9.60 Å². The van der Waals surface area contributed by atoms with E-state index in [0.29, 0.717) is 0 Å². The molecule has 0 aliphatic rings. The van der Waals surface area contributed by atoms with E-state index < -0.39 is 11.4 Å².